The smallest absolute Gasteiger partial charge is 0.325 e. The van der Waals surface area contributed by atoms with Crippen LogP contribution in [0.2, 0.25) is 0 Å². The van der Waals surface area contributed by atoms with Crippen molar-refractivity contribution in [1.29, 1.82) is 0 Å². The van der Waals surface area contributed by atoms with Gasteiger partial charge in [0.1, 0.15) is 13.1 Å². The van der Waals surface area contributed by atoms with E-state index < -0.39 is 6.03 Å². The minimum Gasteiger partial charge on any atom is -0.325 e. The highest BCUT2D eigenvalue weighted by Gasteiger charge is 2.34. The fourth-order valence-electron chi connectivity index (χ4n) is 2.22. The summed E-state index contributed by atoms with van der Waals surface area (Å²) >= 11 is 0. The number of anilines is 1. The Kier molecular flexibility index (Phi) is 4.21. The van der Waals surface area contributed by atoms with E-state index in [1.54, 1.807) is 0 Å². The van der Waals surface area contributed by atoms with Crippen LogP contribution in [0.5, 0.6) is 0 Å². The van der Waals surface area contributed by atoms with Crippen LogP contribution in [-0.4, -0.2) is 47.8 Å². The molecule has 1 aliphatic heterocycles. The largest absolute Gasteiger partial charge is 0.327 e. The molecule has 1 fully saturated rings. The molecule has 1 aromatic rings. The molecule has 2 rings (SSSR count). The van der Waals surface area contributed by atoms with Crippen LogP contribution < -0.4 is 5.32 Å². The molecule has 118 valence electrons. The molecule has 0 bridgehead atoms. The van der Waals surface area contributed by atoms with E-state index in [0.717, 1.165) is 10.5 Å². The van der Waals surface area contributed by atoms with E-state index in [4.69, 9.17) is 0 Å². The van der Waals surface area contributed by atoms with E-state index in [2.05, 4.69) is 26.1 Å². The summed E-state index contributed by atoms with van der Waals surface area (Å²) < 4.78 is 0. The van der Waals surface area contributed by atoms with Gasteiger partial charge >= 0.3 is 6.03 Å². The molecule has 0 aliphatic carbocycles. The van der Waals surface area contributed by atoms with Gasteiger partial charge in [-0.3, -0.25) is 14.5 Å². The van der Waals surface area contributed by atoms with Crippen molar-refractivity contribution >= 4 is 23.5 Å². The van der Waals surface area contributed by atoms with Gasteiger partial charge in [0, 0.05) is 12.7 Å². The molecule has 1 aromatic carbocycles. The van der Waals surface area contributed by atoms with E-state index in [-0.39, 0.29) is 30.3 Å². The van der Waals surface area contributed by atoms with Gasteiger partial charge in [-0.25, -0.2) is 4.79 Å². The number of carbonyl (C=O) groups is 3. The third-order valence-corrected chi connectivity index (χ3v) is 3.57. The number of nitrogens with zero attached hydrogens (tertiary/aromatic N) is 2. The summed E-state index contributed by atoms with van der Waals surface area (Å²) in [5.41, 5.74) is 1.85. The van der Waals surface area contributed by atoms with Gasteiger partial charge < -0.3 is 10.2 Å². The van der Waals surface area contributed by atoms with E-state index in [0.29, 0.717) is 5.69 Å². The number of hydrogen-bond donors (Lipinski definition) is 1. The Morgan fingerprint density at radius 2 is 1.77 bits per heavy atom. The SMILES string of the molecule is CN1CC(=O)N(CC(=O)Nc2ccc(C(C)(C)C)cc2)C1=O. The molecule has 1 heterocycles. The molecule has 0 radical (unpaired) electrons. The summed E-state index contributed by atoms with van der Waals surface area (Å²) in [5, 5.41) is 2.70. The third kappa shape index (κ3) is 3.44. The monoisotopic (exact) mass is 303 g/mol. The van der Waals surface area contributed by atoms with Gasteiger partial charge in [-0.1, -0.05) is 32.9 Å². The van der Waals surface area contributed by atoms with Crippen LogP contribution >= 0.6 is 0 Å². The zero-order valence-corrected chi connectivity index (χ0v) is 13.3. The lowest BCUT2D eigenvalue weighted by atomic mass is 9.87. The molecule has 4 amide bonds. The van der Waals surface area contributed by atoms with Crippen LogP contribution in [0.3, 0.4) is 0 Å². The van der Waals surface area contributed by atoms with E-state index in [1.165, 1.54) is 11.9 Å². The highest BCUT2D eigenvalue weighted by molar-refractivity contribution is 6.06. The molecule has 1 saturated heterocycles. The van der Waals surface area contributed by atoms with Gasteiger partial charge in [-0.05, 0) is 23.1 Å². The zero-order chi connectivity index (χ0) is 16.5. The van der Waals surface area contributed by atoms with Crippen LogP contribution in [-0.2, 0) is 15.0 Å². The summed E-state index contributed by atoms with van der Waals surface area (Å²) in [4.78, 5) is 37.5. The van der Waals surface area contributed by atoms with Crippen molar-refractivity contribution in [3.8, 4) is 0 Å². The van der Waals surface area contributed by atoms with Crippen molar-refractivity contribution in [1.82, 2.24) is 9.80 Å². The first kappa shape index (κ1) is 16.0. The second-order valence-electron chi connectivity index (χ2n) is 6.49. The molecule has 0 atom stereocenters. The lowest BCUT2D eigenvalue weighted by Crippen LogP contribution is -2.38. The number of rotatable bonds is 3. The average Bonchev–Trinajstić information content (AvgIpc) is 2.65. The van der Waals surface area contributed by atoms with Gasteiger partial charge in [0.2, 0.25) is 5.91 Å². The first-order valence-electron chi connectivity index (χ1n) is 7.14. The van der Waals surface area contributed by atoms with Crippen molar-refractivity contribution in [2.75, 3.05) is 25.5 Å². The highest BCUT2D eigenvalue weighted by Crippen LogP contribution is 2.23. The number of benzene rings is 1. The Morgan fingerprint density at radius 3 is 2.23 bits per heavy atom. The Bertz CT molecular complexity index is 602. The van der Waals surface area contributed by atoms with Gasteiger partial charge in [0.15, 0.2) is 0 Å². The standard InChI is InChI=1S/C16H21N3O3/c1-16(2,3)11-5-7-12(8-6-11)17-13(20)9-19-14(21)10-18(4)15(19)22/h5-8H,9-10H2,1-4H3,(H,17,20). The van der Waals surface area contributed by atoms with Crippen molar-refractivity contribution in [3.63, 3.8) is 0 Å². The maximum atomic E-state index is 12.0. The minimum absolute atomic E-state index is 0.0202. The molecule has 6 heteroatoms. The summed E-state index contributed by atoms with van der Waals surface area (Å²) in [7, 11) is 1.53. The first-order chi connectivity index (χ1) is 10.2. The van der Waals surface area contributed by atoms with Crippen LogP contribution in [0.25, 0.3) is 0 Å². The fourth-order valence-corrected chi connectivity index (χ4v) is 2.22. The topological polar surface area (TPSA) is 69.7 Å². The van der Waals surface area contributed by atoms with Gasteiger partial charge in [0.05, 0.1) is 0 Å². The summed E-state index contributed by atoms with van der Waals surface area (Å²) in [6.07, 6.45) is 0. The van der Waals surface area contributed by atoms with E-state index in [9.17, 15) is 14.4 Å². The van der Waals surface area contributed by atoms with Crippen molar-refractivity contribution in [2.24, 2.45) is 0 Å². The van der Waals surface area contributed by atoms with E-state index in [1.807, 2.05) is 24.3 Å². The molecule has 22 heavy (non-hydrogen) atoms. The maximum Gasteiger partial charge on any atom is 0.327 e. The van der Waals surface area contributed by atoms with E-state index >= 15 is 0 Å². The predicted molar refractivity (Wildman–Crippen MR) is 83.5 cm³/mol. The number of imide groups is 1. The van der Waals surface area contributed by atoms with Crippen LogP contribution in [0.1, 0.15) is 26.3 Å². The van der Waals surface area contributed by atoms with Crippen molar-refractivity contribution < 1.29 is 14.4 Å². The molecule has 1 aliphatic rings. The molecule has 1 N–H and O–H groups in total. The molecule has 0 spiro atoms. The quantitative estimate of drug-likeness (QED) is 0.866. The molecule has 6 nitrogen and oxygen atoms in total. The fraction of sp³-hybridized carbons (Fsp3) is 0.438. The molecule has 0 unspecified atom stereocenters. The predicted octanol–water partition coefficient (Wildman–Crippen LogP) is 1.82. The molecular weight excluding hydrogens is 282 g/mol. The Balaban J connectivity index is 1.98. The van der Waals surface area contributed by atoms with Crippen LogP contribution in [0.4, 0.5) is 10.5 Å². The second kappa shape index (κ2) is 5.79. The zero-order valence-electron chi connectivity index (χ0n) is 13.3. The lowest BCUT2D eigenvalue weighted by molar-refractivity contribution is -0.129. The minimum atomic E-state index is -0.441. The Morgan fingerprint density at radius 1 is 1.18 bits per heavy atom. The van der Waals surface area contributed by atoms with Crippen molar-refractivity contribution in [3.05, 3.63) is 29.8 Å². The third-order valence-electron chi connectivity index (χ3n) is 3.57. The van der Waals surface area contributed by atoms with Gasteiger partial charge in [-0.15, -0.1) is 0 Å². The Hall–Kier alpha value is -2.37. The maximum absolute atomic E-state index is 12.0. The number of hydrogen-bond acceptors (Lipinski definition) is 3. The number of likely N-dealkylation sites (N-methyl/N-ethyl adjacent to an activating group) is 1. The summed E-state index contributed by atoms with van der Waals surface area (Å²) in [6, 6.07) is 7.10. The first-order valence-corrected chi connectivity index (χ1v) is 7.14. The number of urea groups is 1. The van der Waals surface area contributed by atoms with Gasteiger partial charge in [0.25, 0.3) is 5.91 Å². The lowest BCUT2D eigenvalue weighted by Gasteiger charge is -2.19. The number of carbonyl (C=O) groups excluding carboxylic acids is 3. The average molecular weight is 303 g/mol. The normalized spacial score (nSPS) is 15.5. The number of amides is 4. The molecular formula is C16H21N3O3. The second-order valence-corrected chi connectivity index (χ2v) is 6.49. The molecule has 0 aromatic heterocycles. The summed E-state index contributed by atoms with van der Waals surface area (Å²) in [5.74, 6) is -0.744. The van der Waals surface area contributed by atoms with Gasteiger partial charge in [-0.2, -0.15) is 0 Å². The summed E-state index contributed by atoms with van der Waals surface area (Å²) in [6.45, 7) is 6.10. The Labute approximate surface area is 130 Å². The number of nitrogens with one attached hydrogen (secondary N) is 1. The molecule has 0 saturated carbocycles. The highest BCUT2D eigenvalue weighted by atomic mass is 16.2. The van der Waals surface area contributed by atoms with Crippen LogP contribution in [0.15, 0.2) is 24.3 Å². The van der Waals surface area contributed by atoms with Crippen LogP contribution in [0, 0.1) is 0 Å². The van der Waals surface area contributed by atoms with Crippen molar-refractivity contribution in [2.45, 2.75) is 26.2 Å².